The quantitative estimate of drug-likeness (QED) is 0.240. The molecule has 1 atom stereocenters. The van der Waals surface area contributed by atoms with Gasteiger partial charge in [-0.15, -0.1) is 0 Å². The largest absolute Gasteiger partial charge is 0.481 e. The summed E-state index contributed by atoms with van der Waals surface area (Å²) < 4.78 is 5.05. The van der Waals surface area contributed by atoms with Crippen molar-refractivity contribution in [2.45, 2.75) is 118 Å². The minimum absolute atomic E-state index is 0.0236. The van der Waals surface area contributed by atoms with Crippen LogP contribution in [0.1, 0.15) is 118 Å². The Morgan fingerprint density at radius 2 is 1.23 bits per heavy atom. The molecule has 0 aromatic rings. The Hall–Kier alpha value is -1.06. The number of unbranched alkanes of at least 4 members (excludes halogenated alkanes) is 7. The van der Waals surface area contributed by atoms with Crippen LogP contribution in [-0.2, 0) is 14.3 Å². The molecule has 0 heterocycles. The molecule has 0 saturated heterocycles. The van der Waals surface area contributed by atoms with Crippen molar-refractivity contribution in [1.82, 2.24) is 0 Å². The predicted molar refractivity (Wildman–Crippen MR) is 109 cm³/mol. The van der Waals surface area contributed by atoms with E-state index in [1.165, 1.54) is 12.8 Å². The second-order valence-corrected chi connectivity index (χ2v) is 7.06. The molecule has 26 heavy (non-hydrogen) atoms. The number of carbonyl (C=O) groups is 2. The van der Waals surface area contributed by atoms with Gasteiger partial charge in [0.1, 0.15) is 0 Å². The number of aliphatic carboxylic acids is 1. The summed E-state index contributed by atoms with van der Waals surface area (Å²) in [6.45, 7) is 9.13. The first-order chi connectivity index (χ1) is 12.5. The molecule has 0 spiro atoms. The zero-order valence-corrected chi connectivity index (χ0v) is 17.9. The number of carbonyl (C=O) groups excluding carboxylic acids is 1. The molecule has 0 fully saturated rings. The van der Waals surface area contributed by atoms with E-state index < -0.39 is 5.97 Å². The van der Waals surface area contributed by atoms with Crippen LogP contribution in [0.15, 0.2) is 0 Å². The third-order valence-electron chi connectivity index (χ3n) is 4.41. The minimum Gasteiger partial charge on any atom is -0.481 e. The van der Waals surface area contributed by atoms with Crippen LogP contribution in [0.3, 0.4) is 0 Å². The van der Waals surface area contributed by atoms with E-state index in [1.54, 1.807) is 0 Å². The van der Waals surface area contributed by atoms with Gasteiger partial charge in [-0.1, -0.05) is 85.5 Å². The highest BCUT2D eigenvalue weighted by molar-refractivity contribution is 5.69. The number of carboxylic acids is 1. The molecule has 0 amide bonds. The van der Waals surface area contributed by atoms with Crippen LogP contribution in [-0.4, -0.2) is 23.7 Å². The van der Waals surface area contributed by atoms with Crippen LogP contribution < -0.4 is 0 Å². The van der Waals surface area contributed by atoms with Gasteiger partial charge >= 0.3 is 11.9 Å². The molecule has 0 bridgehead atoms. The van der Waals surface area contributed by atoms with Gasteiger partial charge in [-0.25, -0.2) is 0 Å². The molecule has 1 unspecified atom stereocenters. The number of esters is 1. The van der Waals surface area contributed by atoms with E-state index in [-0.39, 0.29) is 11.9 Å². The van der Waals surface area contributed by atoms with Gasteiger partial charge in [-0.3, -0.25) is 9.59 Å². The second kappa shape index (κ2) is 22.0. The van der Waals surface area contributed by atoms with Crippen LogP contribution in [0.2, 0.25) is 0 Å². The van der Waals surface area contributed by atoms with Gasteiger partial charge in [0.25, 0.3) is 0 Å². The third kappa shape index (κ3) is 21.0. The van der Waals surface area contributed by atoms with E-state index in [1.807, 2.05) is 0 Å². The molecular formula is C22H44O4. The number of rotatable bonds is 16. The van der Waals surface area contributed by atoms with Crippen molar-refractivity contribution < 1.29 is 19.4 Å². The lowest BCUT2D eigenvalue weighted by Crippen LogP contribution is -2.13. The summed E-state index contributed by atoms with van der Waals surface area (Å²) >= 11 is 0. The van der Waals surface area contributed by atoms with Crippen LogP contribution in [0.4, 0.5) is 0 Å². The summed E-state index contributed by atoms with van der Waals surface area (Å²) in [5, 5.41) is 8.90. The summed E-state index contributed by atoms with van der Waals surface area (Å²) in [4.78, 5) is 21.9. The summed E-state index contributed by atoms with van der Waals surface area (Å²) in [6, 6.07) is 0. The van der Waals surface area contributed by atoms with Gasteiger partial charge in [0, 0.05) is 6.42 Å². The summed E-state index contributed by atoms with van der Waals surface area (Å²) in [5.74, 6) is -0.722. The monoisotopic (exact) mass is 372 g/mol. The van der Waals surface area contributed by atoms with E-state index in [2.05, 4.69) is 27.7 Å². The Kier molecular flexibility index (Phi) is 23.0. The van der Waals surface area contributed by atoms with Gasteiger partial charge in [-0.05, 0) is 25.7 Å². The first-order valence-corrected chi connectivity index (χ1v) is 10.9. The normalized spacial score (nSPS) is 11.4. The maximum Gasteiger partial charge on any atom is 0.306 e. The highest BCUT2D eigenvalue weighted by Gasteiger charge is 2.15. The van der Waals surface area contributed by atoms with Gasteiger partial charge < -0.3 is 9.84 Å². The van der Waals surface area contributed by atoms with Gasteiger partial charge in [0.15, 0.2) is 0 Å². The van der Waals surface area contributed by atoms with Gasteiger partial charge in [0.2, 0.25) is 0 Å². The molecular weight excluding hydrogens is 328 g/mol. The fourth-order valence-corrected chi connectivity index (χ4v) is 2.61. The Balaban J connectivity index is 0. The van der Waals surface area contributed by atoms with Crippen LogP contribution in [0.25, 0.3) is 0 Å². The average molecular weight is 373 g/mol. The molecule has 156 valence electrons. The van der Waals surface area contributed by atoms with Gasteiger partial charge in [-0.2, -0.15) is 0 Å². The van der Waals surface area contributed by atoms with Crippen molar-refractivity contribution in [3.05, 3.63) is 0 Å². The number of carboxylic acid groups (broad SMARTS) is 1. The number of ether oxygens (including phenoxy) is 1. The fourth-order valence-electron chi connectivity index (χ4n) is 2.61. The first-order valence-electron chi connectivity index (χ1n) is 10.9. The van der Waals surface area contributed by atoms with E-state index in [0.29, 0.717) is 13.0 Å². The molecule has 0 radical (unpaired) electrons. The van der Waals surface area contributed by atoms with E-state index >= 15 is 0 Å². The van der Waals surface area contributed by atoms with Crippen molar-refractivity contribution in [1.29, 1.82) is 0 Å². The molecule has 4 heteroatoms. The lowest BCUT2D eigenvalue weighted by atomic mass is 9.96. The van der Waals surface area contributed by atoms with Gasteiger partial charge in [0.05, 0.1) is 12.5 Å². The predicted octanol–water partition coefficient (Wildman–Crippen LogP) is 6.76. The average Bonchev–Trinajstić information content (AvgIpc) is 2.62. The summed E-state index contributed by atoms with van der Waals surface area (Å²) in [7, 11) is 0. The zero-order valence-electron chi connectivity index (χ0n) is 17.9. The molecule has 0 aliphatic heterocycles. The molecule has 0 aromatic carbocycles. The minimum atomic E-state index is -0.607. The molecule has 0 rings (SSSR count). The topological polar surface area (TPSA) is 63.6 Å². The van der Waals surface area contributed by atoms with Crippen LogP contribution >= 0.6 is 0 Å². The van der Waals surface area contributed by atoms with E-state index in [9.17, 15) is 9.59 Å². The van der Waals surface area contributed by atoms with E-state index in [0.717, 1.165) is 70.6 Å². The molecule has 0 saturated carbocycles. The van der Waals surface area contributed by atoms with Crippen LogP contribution in [0, 0.1) is 5.92 Å². The number of hydrogen-bond donors (Lipinski definition) is 1. The third-order valence-corrected chi connectivity index (χ3v) is 4.41. The second-order valence-electron chi connectivity index (χ2n) is 7.06. The summed E-state index contributed by atoms with van der Waals surface area (Å²) in [6.07, 6.45) is 14.5. The lowest BCUT2D eigenvalue weighted by Gasteiger charge is -2.10. The highest BCUT2D eigenvalue weighted by Crippen LogP contribution is 2.16. The Labute approximate surface area is 162 Å². The molecule has 0 aliphatic carbocycles. The van der Waals surface area contributed by atoms with Crippen LogP contribution in [0.5, 0.6) is 0 Å². The Morgan fingerprint density at radius 1 is 0.731 bits per heavy atom. The fraction of sp³-hybridized carbons (Fsp3) is 0.909. The number of hydrogen-bond acceptors (Lipinski definition) is 3. The molecule has 0 aliphatic rings. The maximum atomic E-state index is 11.1. The first kappa shape index (κ1) is 27.2. The van der Waals surface area contributed by atoms with E-state index in [4.69, 9.17) is 9.84 Å². The van der Waals surface area contributed by atoms with Crippen molar-refractivity contribution in [3.63, 3.8) is 0 Å². The van der Waals surface area contributed by atoms with Crippen molar-refractivity contribution in [2.24, 2.45) is 5.92 Å². The maximum absolute atomic E-state index is 11.1. The standard InChI is InChI=1S/2C11H22O2/c1-3-5-7-9-11(12)13-10-8-6-4-2;1-3-5-7-9-10(11(12)13)8-6-4-2/h3-10H2,1-2H3;10H,3-9H2,1-2H3,(H,12,13). The van der Waals surface area contributed by atoms with Crippen molar-refractivity contribution in [2.75, 3.05) is 6.61 Å². The highest BCUT2D eigenvalue weighted by atomic mass is 16.5. The lowest BCUT2D eigenvalue weighted by molar-refractivity contribution is -0.144. The molecule has 1 N–H and O–H groups in total. The SMILES string of the molecule is CCCCCC(CCCC)C(=O)O.CCCCCOC(=O)CCCCC. The van der Waals surface area contributed by atoms with Crippen molar-refractivity contribution in [3.8, 4) is 0 Å². The molecule has 4 nitrogen and oxygen atoms in total. The Bertz CT molecular complexity index is 313. The Morgan fingerprint density at radius 3 is 1.77 bits per heavy atom. The van der Waals surface area contributed by atoms with Crippen molar-refractivity contribution >= 4 is 11.9 Å². The summed E-state index contributed by atoms with van der Waals surface area (Å²) in [5.41, 5.74) is 0. The molecule has 0 aromatic heterocycles. The smallest absolute Gasteiger partial charge is 0.306 e. The zero-order chi connectivity index (χ0) is 20.0.